The number of hydrogen-bond donors (Lipinski definition) is 3. The molecule has 0 spiro atoms. The van der Waals surface area contributed by atoms with Gasteiger partial charge in [-0.05, 0) is 31.5 Å². The smallest absolute Gasteiger partial charge is 0.251 e. The molecule has 1 aliphatic rings. The molecular formula is C15H22N4O4S. The molecule has 1 aliphatic heterocycles. The van der Waals surface area contributed by atoms with E-state index in [4.69, 9.17) is 5.73 Å². The largest absolute Gasteiger partial charge is 0.354 e. The summed E-state index contributed by atoms with van der Waals surface area (Å²) in [6, 6.07) is 5.77. The van der Waals surface area contributed by atoms with Gasteiger partial charge < -0.3 is 16.4 Å². The van der Waals surface area contributed by atoms with Gasteiger partial charge in [0.15, 0.2) is 0 Å². The van der Waals surface area contributed by atoms with E-state index in [-0.39, 0.29) is 47.9 Å². The third kappa shape index (κ3) is 4.53. The van der Waals surface area contributed by atoms with E-state index in [0.29, 0.717) is 13.0 Å². The Labute approximate surface area is 141 Å². The summed E-state index contributed by atoms with van der Waals surface area (Å²) < 4.78 is 26.3. The van der Waals surface area contributed by atoms with Crippen LogP contribution in [0.2, 0.25) is 0 Å². The highest BCUT2D eigenvalue weighted by Gasteiger charge is 2.29. The first-order valence-corrected chi connectivity index (χ1v) is 9.15. The molecule has 1 aromatic rings. The van der Waals surface area contributed by atoms with E-state index in [1.54, 1.807) is 6.07 Å². The summed E-state index contributed by atoms with van der Waals surface area (Å²) >= 11 is 0. The van der Waals surface area contributed by atoms with Crippen molar-refractivity contribution in [2.45, 2.75) is 24.3 Å². The van der Waals surface area contributed by atoms with Crippen molar-refractivity contribution in [1.82, 2.24) is 14.9 Å². The molecule has 0 aliphatic carbocycles. The number of carbonyl (C=O) groups is 2. The zero-order valence-electron chi connectivity index (χ0n) is 13.5. The van der Waals surface area contributed by atoms with Gasteiger partial charge >= 0.3 is 0 Å². The van der Waals surface area contributed by atoms with Crippen LogP contribution in [0, 0.1) is 0 Å². The van der Waals surface area contributed by atoms with E-state index in [9.17, 15) is 18.0 Å². The molecule has 0 bridgehead atoms. The molecule has 1 unspecified atom stereocenters. The molecule has 0 radical (unpaired) electrons. The van der Waals surface area contributed by atoms with E-state index in [2.05, 4.69) is 10.6 Å². The number of rotatable bonds is 6. The molecular weight excluding hydrogens is 332 g/mol. The number of benzene rings is 1. The first-order chi connectivity index (χ1) is 11.3. The molecule has 4 N–H and O–H groups in total. The van der Waals surface area contributed by atoms with Gasteiger partial charge in [-0.1, -0.05) is 6.07 Å². The fourth-order valence-corrected chi connectivity index (χ4v) is 3.73. The maximum absolute atomic E-state index is 12.6. The maximum atomic E-state index is 12.6. The van der Waals surface area contributed by atoms with Crippen molar-refractivity contribution < 1.29 is 18.0 Å². The molecule has 1 saturated heterocycles. The Kier molecular flexibility index (Phi) is 5.92. The van der Waals surface area contributed by atoms with E-state index >= 15 is 0 Å². The first-order valence-electron chi connectivity index (χ1n) is 7.71. The Morgan fingerprint density at radius 1 is 1.46 bits per heavy atom. The number of sulfonamides is 1. The number of piperazine rings is 1. The van der Waals surface area contributed by atoms with Gasteiger partial charge in [0.1, 0.15) is 0 Å². The first kappa shape index (κ1) is 18.4. The number of nitrogens with one attached hydrogen (secondary N) is 2. The number of hydrogen-bond acceptors (Lipinski definition) is 5. The third-order valence-electron chi connectivity index (χ3n) is 3.62. The summed E-state index contributed by atoms with van der Waals surface area (Å²) in [5.41, 5.74) is 5.88. The highest BCUT2D eigenvalue weighted by molar-refractivity contribution is 7.89. The molecule has 8 nitrogen and oxygen atoms in total. The van der Waals surface area contributed by atoms with E-state index in [1.807, 2.05) is 6.92 Å². The predicted molar refractivity (Wildman–Crippen MR) is 88.8 cm³/mol. The van der Waals surface area contributed by atoms with Gasteiger partial charge in [0.2, 0.25) is 15.9 Å². The second-order valence-electron chi connectivity index (χ2n) is 5.74. The molecule has 1 atom stereocenters. The fourth-order valence-electron chi connectivity index (χ4n) is 2.28. The predicted octanol–water partition coefficient (Wildman–Crippen LogP) is -0.726. The number of amides is 2. The van der Waals surface area contributed by atoms with Gasteiger partial charge in [-0.2, -0.15) is 4.31 Å². The van der Waals surface area contributed by atoms with Crippen LogP contribution in [0.15, 0.2) is 29.2 Å². The van der Waals surface area contributed by atoms with Gasteiger partial charge in [-0.25, -0.2) is 8.42 Å². The highest BCUT2D eigenvalue weighted by atomic mass is 32.2. The average molecular weight is 354 g/mol. The van der Waals surface area contributed by atoms with Crippen LogP contribution in [0.3, 0.4) is 0 Å². The second kappa shape index (κ2) is 7.73. The monoisotopic (exact) mass is 354 g/mol. The molecule has 0 saturated carbocycles. The Balaban J connectivity index is 2.14. The van der Waals surface area contributed by atoms with Crippen molar-refractivity contribution >= 4 is 21.8 Å². The van der Waals surface area contributed by atoms with Gasteiger partial charge in [-0.3, -0.25) is 9.59 Å². The van der Waals surface area contributed by atoms with Gasteiger partial charge in [-0.15, -0.1) is 0 Å². The van der Waals surface area contributed by atoms with Crippen LogP contribution >= 0.6 is 0 Å². The van der Waals surface area contributed by atoms with E-state index < -0.39 is 10.0 Å². The zero-order chi connectivity index (χ0) is 17.7. The molecule has 9 heteroatoms. The molecule has 1 aromatic carbocycles. The maximum Gasteiger partial charge on any atom is 0.251 e. The van der Waals surface area contributed by atoms with Gasteiger partial charge in [0, 0.05) is 31.2 Å². The third-order valence-corrected chi connectivity index (χ3v) is 5.46. The van der Waals surface area contributed by atoms with Crippen molar-refractivity contribution in [2.24, 2.45) is 5.73 Å². The summed E-state index contributed by atoms with van der Waals surface area (Å²) in [6.07, 6.45) is 0.632. The minimum absolute atomic E-state index is 0.00274. The standard InChI is InChI=1S/C15H22N4O4S/c1-11(16)5-6-18-15(21)12-3-2-4-13(9-12)24(22,23)19-8-7-17-14(20)10-19/h2-4,9,11H,5-8,10,16H2,1H3,(H,17,20)(H,18,21). The molecule has 2 amide bonds. The Morgan fingerprint density at radius 2 is 2.21 bits per heavy atom. The second-order valence-corrected chi connectivity index (χ2v) is 7.68. The molecule has 132 valence electrons. The van der Waals surface area contributed by atoms with Crippen LogP contribution in [-0.4, -0.2) is 56.8 Å². The minimum Gasteiger partial charge on any atom is -0.354 e. The molecule has 24 heavy (non-hydrogen) atoms. The van der Waals surface area contributed by atoms with Crippen molar-refractivity contribution in [3.8, 4) is 0 Å². The number of nitrogens with two attached hydrogens (primary N) is 1. The van der Waals surface area contributed by atoms with Crippen LogP contribution in [0.4, 0.5) is 0 Å². The lowest BCUT2D eigenvalue weighted by molar-refractivity contribution is -0.122. The van der Waals surface area contributed by atoms with Gasteiger partial charge in [0.05, 0.1) is 11.4 Å². The lowest BCUT2D eigenvalue weighted by Gasteiger charge is -2.26. The lowest BCUT2D eigenvalue weighted by atomic mass is 10.2. The number of nitrogens with zero attached hydrogens (tertiary/aromatic N) is 1. The zero-order valence-corrected chi connectivity index (χ0v) is 14.3. The lowest BCUT2D eigenvalue weighted by Crippen LogP contribution is -2.49. The molecule has 1 heterocycles. The van der Waals surface area contributed by atoms with Crippen LogP contribution < -0.4 is 16.4 Å². The summed E-state index contributed by atoms with van der Waals surface area (Å²) in [5.74, 6) is -0.696. The fraction of sp³-hybridized carbons (Fsp3) is 0.467. The Bertz CT molecular complexity index is 718. The summed E-state index contributed by atoms with van der Waals surface area (Å²) in [6.45, 7) is 2.52. The summed E-state index contributed by atoms with van der Waals surface area (Å²) in [7, 11) is -3.81. The molecule has 1 fully saturated rings. The quantitative estimate of drug-likeness (QED) is 0.622. The molecule has 0 aromatic heterocycles. The Morgan fingerprint density at radius 3 is 2.88 bits per heavy atom. The minimum atomic E-state index is -3.81. The van der Waals surface area contributed by atoms with Gasteiger partial charge in [0.25, 0.3) is 5.91 Å². The Hall–Kier alpha value is -1.97. The molecule has 2 rings (SSSR count). The number of carbonyl (C=O) groups excluding carboxylic acids is 2. The van der Waals surface area contributed by atoms with E-state index in [1.165, 1.54) is 18.2 Å². The summed E-state index contributed by atoms with van der Waals surface area (Å²) in [5, 5.41) is 5.28. The topological polar surface area (TPSA) is 122 Å². The van der Waals surface area contributed by atoms with Crippen molar-refractivity contribution in [2.75, 3.05) is 26.2 Å². The van der Waals surface area contributed by atoms with Crippen molar-refractivity contribution in [1.29, 1.82) is 0 Å². The SMILES string of the molecule is CC(N)CCNC(=O)c1cccc(S(=O)(=O)N2CCNC(=O)C2)c1. The van der Waals surface area contributed by atoms with Crippen LogP contribution in [0.25, 0.3) is 0 Å². The van der Waals surface area contributed by atoms with Crippen LogP contribution in [-0.2, 0) is 14.8 Å². The van der Waals surface area contributed by atoms with Crippen LogP contribution in [0.1, 0.15) is 23.7 Å². The summed E-state index contributed by atoms with van der Waals surface area (Å²) in [4.78, 5) is 23.5. The van der Waals surface area contributed by atoms with E-state index in [0.717, 1.165) is 4.31 Å². The van der Waals surface area contributed by atoms with Crippen LogP contribution in [0.5, 0.6) is 0 Å². The van der Waals surface area contributed by atoms with Crippen molar-refractivity contribution in [3.63, 3.8) is 0 Å². The highest BCUT2D eigenvalue weighted by Crippen LogP contribution is 2.17. The van der Waals surface area contributed by atoms with Crippen molar-refractivity contribution in [3.05, 3.63) is 29.8 Å². The average Bonchev–Trinajstić information content (AvgIpc) is 2.54. The normalized spacial score (nSPS) is 17.2.